The van der Waals surface area contributed by atoms with E-state index in [1.54, 1.807) is 23.5 Å². The smallest absolute Gasteiger partial charge is 0.183 e. The summed E-state index contributed by atoms with van der Waals surface area (Å²) < 4.78 is 1.25. The fourth-order valence-electron chi connectivity index (χ4n) is 9.04. The van der Waals surface area contributed by atoms with Gasteiger partial charge in [0.1, 0.15) is 0 Å². The molecule has 0 aromatic carbocycles. The van der Waals surface area contributed by atoms with Gasteiger partial charge in [-0.05, 0) is 110 Å². The monoisotopic (exact) mass is 488 g/mol. The first kappa shape index (κ1) is 25.9. The van der Waals surface area contributed by atoms with Gasteiger partial charge < -0.3 is 0 Å². The highest BCUT2D eigenvalue weighted by molar-refractivity contribution is 8.21. The van der Waals surface area contributed by atoms with Crippen molar-refractivity contribution >= 4 is 29.3 Å². The zero-order valence-corrected chi connectivity index (χ0v) is 24.0. The second-order valence-electron chi connectivity index (χ2n) is 12.7. The molecule has 0 unspecified atom stereocenters. The normalized spacial score (nSPS) is 39.1. The number of hydrogen-bond acceptors (Lipinski definition) is 3. The summed E-state index contributed by atoms with van der Waals surface area (Å²) in [6, 6.07) is 0. The molecule has 3 heteroatoms. The molecule has 3 fully saturated rings. The molecule has 0 aromatic heterocycles. The van der Waals surface area contributed by atoms with Gasteiger partial charge in [0.05, 0.1) is 0 Å². The zero-order chi connectivity index (χ0) is 24.0. The van der Waals surface area contributed by atoms with Crippen LogP contribution >= 0.6 is 23.5 Å². The van der Waals surface area contributed by atoms with Crippen LogP contribution < -0.4 is 0 Å². The van der Waals surface area contributed by atoms with E-state index in [2.05, 4.69) is 53.2 Å². The molecule has 0 aromatic rings. The Morgan fingerprint density at radius 3 is 2.42 bits per heavy atom. The molecule has 0 saturated heterocycles. The van der Waals surface area contributed by atoms with Crippen LogP contribution in [0.4, 0.5) is 0 Å². The molecule has 4 aliphatic rings. The molecular formula is C30H48OS2. The predicted octanol–water partition coefficient (Wildman–Crippen LogP) is 9.14. The zero-order valence-electron chi connectivity index (χ0n) is 22.3. The topological polar surface area (TPSA) is 17.1 Å². The minimum absolute atomic E-state index is 0.200. The lowest BCUT2D eigenvalue weighted by Gasteiger charge is -2.58. The number of hydrogen-bond donors (Lipinski definition) is 0. The van der Waals surface area contributed by atoms with Crippen molar-refractivity contribution in [2.45, 2.75) is 98.8 Å². The van der Waals surface area contributed by atoms with E-state index in [0.717, 1.165) is 53.9 Å². The first-order valence-electron chi connectivity index (χ1n) is 13.7. The molecular weight excluding hydrogens is 440 g/mol. The predicted molar refractivity (Wildman–Crippen MR) is 147 cm³/mol. The maximum absolute atomic E-state index is 13.0. The molecule has 0 spiro atoms. The number of rotatable bonds is 7. The quantitative estimate of drug-likeness (QED) is 0.332. The van der Waals surface area contributed by atoms with Gasteiger partial charge in [-0.15, -0.1) is 23.5 Å². The largest absolute Gasteiger partial charge is 0.290 e. The molecule has 0 N–H and O–H groups in total. The van der Waals surface area contributed by atoms with Crippen molar-refractivity contribution in [2.75, 3.05) is 12.5 Å². The van der Waals surface area contributed by atoms with Crippen molar-refractivity contribution < 1.29 is 4.79 Å². The Morgan fingerprint density at radius 1 is 1.03 bits per heavy atom. The molecule has 0 amide bonds. The van der Waals surface area contributed by atoms with Gasteiger partial charge in [-0.25, -0.2) is 0 Å². The molecule has 33 heavy (non-hydrogen) atoms. The van der Waals surface area contributed by atoms with Gasteiger partial charge >= 0.3 is 0 Å². The van der Waals surface area contributed by atoms with Crippen molar-refractivity contribution in [3.63, 3.8) is 0 Å². The van der Waals surface area contributed by atoms with Crippen LogP contribution in [0.2, 0.25) is 0 Å². The van der Waals surface area contributed by atoms with Crippen LogP contribution in [0.15, 0.2) is 21.5 Å². The summed E-state index contributed by atoms with van der Waals surface area (Å²) >= 11 is 3.53. The Balaban J connectivity index is 1.55. The average molecular weight is 489 g/mol. The number of carbonyl (C=O) groups excluding carboxylic acids is 1. The van der Waals surface area contributed by atoms with E-state index in [-0.39, 0.29) is 5.41 Å². The minimum atomic E-state index is 0.200. The third kappa shape index (κ3) is 4.56. The molecule has 1 nitrogen and oxygen atoms in total. The molecule has 0 aliphatic heterocycles. The Hall–Kier alpha value is -0.150. The van der Waals surface area contributed by atoms with Crippen molar-refractivity contribution in [3.8, 4) is 0 Å². The Morgan fingerprint density at radius 2 is 1.76 bits per heavy atom. The van der Waals surface area contributed by atoms with Crippen LogP contribution in [0.25, 0.3) is 0 Å². The van der Waals surface area contributed by atoms with E-state index in [1.165, 1.54) is 61.2 Å². The number of carbonyl (C=O) groups is 1. The van der Waals surface area contributed by atoms with Crippen molar-refractivity contribution in [1.82, 2.24) is 0 Å². The SMILES string of the molecule is CSC(SC)=C1C[C@@]2(C)C(=CC1=O)CC[C@H]1[C@@H]3CC[C@H]([C@H](C)CCCC(C)C)[C@@]3(C)CC[C@@H]12. The lowest BCUT2D eigenvalue weighted by molar-refractivity contribution is -0.113. The molecule has 0 radical (unpaired) electrons. The highest BCUT2D eigenvalue weighted by atomic mass is 32.2. The summed E-state index contributed by atoms with van der Waals surface area (Å²) in [6.45, 7) is 12.5. The highest BCUT2D eigenvalue weighted by Crippen LogP contribution is 2.68. The van der Waals surface area contributed by atoms with E-state index < -0.39 is 0 Å². The van der Waals surface area contributed by atoms with E-state index in [9.17, 15) is 4.79 Å². The van der Waals surface area contributed by atoms with Crippen LogP contribution in [0.5, 0.6) is 0 Å². The van der Waals surface area contributed by atoms with Crippen molar-refractivity contribution in [2.24, 2.45) is 46.3 Å². The standard InChI is InChI=1S/C30H48OS2/c1-19(2)9-8-10-20(3)24-13-14-25-22-12-11-21-17-27(31)23(28(32-6)33-7)18-30(21,5)26(22)15-16-29(24,25)4/h17,19-20,22,24-26H,8-16,18H2,1-7H3/t20-,22+,24-,25+,26+,29-,30+/m1/s1. The second kappa shape index (κ2) is 10.1. The number of thioether (sulfide) groups is 2. The second-order valence-corrected chi connectivity index (χ2v) is 14.6. The Bertz CT molecular complexity index is 804. The van der Waals surface area contributed by atoms with Gasteiger partial charge in [0.15, 0.2) is 5.78 Å². The highest BCUT2D eigenvalue weighted by Gasteiger charge is 2.59. The summed E-state index contributed by atoms with van der Waals surface area (Å²) in [6.07, 6.45) is 19.7. The van der Waals surface area contributed by atoms with Crippen LogP contribution in [-0.2, 0) is 4.79 Å². The lowest BCUT2D eigenvalue weighted by Crippen LogP contribution is -2.51. The molecule has 4 aliphatic carbocycles. The average Bonchev–Trinajstić information content (AvgIpc) is 3.12. The van der Waals surface area contributed by atoms with Gasteiger partial charge in [0, 0.05) is 9.81 Å². The molecule has 4 rings (SSSR count). The number of fused-ring (bicyclic) bond motifs is 5. The van der Waals surface area contributed by atoms with Crippen LogP contribution in [0.3, 0.4) is 0 Å². The van der Waals surface area contributed by atoms with Gasteiger partial charge in [0.2, 0.25) is 0 Å². The van der Waals surface area contributed by atoms with E-state index >= 15 is 0 Å². The number of allylic oxidation sites excluding steroid dienone is 2. The maximum atomic E-state index is 13.0. The van der Waals surface area contributed by atoms with E-state index in [4.69, 9.17) is 0 Å². The summed E-state index contributed by atoms with van der Waals surface area (Å²) in [5, 5.41) is 0. The summed E-state index contributed by atoms with van der Waals surface area (Å²) in [5.74, 6) is 5.46. The molecule has 186 valence electrons. The van der Waals surface area contributed by atoms with E-state index in [1.807, 2.05) is 0 Å². The fraction of sp³-hybridized carbons (Fsp3) is 0.833. The van der Waals surface area contributed by atoms with Crippen LogP contribution in [0.1, 0.15) is 98.8 Å². The minimum Gasteiger partial charge on any atom is -0.290 e. The van der Waals surface area contributed by atoms with Gasteiger partial charge in [-0.2, -0.15) is 0 Å². The first-order valence-corrected chi connectivity index (χ1v) is 16.2. The Labute approximate surface area is 212 Å². The van der Waals surface area contributed by atoms with Gasteiger partial charge in [-0.1, -0.05) is 59.5 Å². The summed E-state index contributed by atoms with van der Waals surface area (Å²) in [7, 11) is 0. The molecule has 0 heterocycles. The van der Waals surface area contributed by atoms with Crippen LogP contribution in [0, 0.1) is 46.3 Å². The van der Waals surface area contributed by atoms with Crippen molar-refractivity contribution in [3.05, 3.63) is 21.5 Å². The number of ketones is 1. The third-order valence-electron chi connectivity index (χ3n) is 10.7. The maximum Gasteiger partial charge on any atom is 0.183 e. The van der Waals surface area contributed by atoms with Gasteiger partial charge in [0.25, 0.3) is 0 Å². The van der Waals surface area contributed by atoms with Gasteiger partial charge in [-0.3, -0.25) is 4.79 Å². The molecule has 3 saturated carbocycles. The third-order valence-corrected chi connectivity index (χ3v) is 12.9. The first-order chi connectivity index (χ1) is 15.7. The van der Waals surface area contributed by atoms with Crippen LogP contribution in [-0.4, -0.2) is 18.3 Å². The molecule has 7 atom stereocenters. The van der Waals surface area contributed by atoms with Crippen molar-refractivity contribution in [1.29, 1.82) is 0 Å². The summed E-state index contributed by atoms with van der Waals surface area (Å²) in [4.78, 5) is 13.0. The fourth-order valence-corrected chi connectivity index (χ4v) is 10.5. The Kier molecular flexibility index (Phi) is 7.92. The van der Waals surface area contributed by atoms with E-state index in [0.29, 0.717) is 11.2 Å². The molecule has 0 bridgehead atoms. The lowest BCUT2D eigenvalue weighted by atomic mass is 9.46. The summed E-state index contributed by atoms with van der Waals surface area (Å²) in [5.41, 5.74) is 3.34.